The van der Waals surface area contributed by atoms with Gasteiger partial charge in [0, 0.05) is 18.3 Å². The van der Waals surface area contributed by atoms with Crippen LogP contribution in [0.15, 0.2) is 84.0 Å². The molecule has 2 amide bonds. The van der Waals surface area contributed by atoms with Crippen molar-refractivity contribution >= 4 is 40.1 Å². The molecule has 3 aromatic rings. The van der Waals surface area contributed by atoms with Gasteiger partial charge in [0.25, 0.3) is 0 Å². The number of pyridine rings is 1. The first-order chi connectivity index (χ1) is 15.6. The number of nitrogens with zero attached hydrogens (tertiary/aromatic N) is 3. The minimum atomic E-state index is -0.573. The summed E-state index contributed by atoms with van der Waals surface area (Å²) in [6.07, 6.45) is 1.73. The number of amides is 2. The summed E-state index contributed by atoms with van der Waals surface area (Å²) in [4.78, 5) is 36.4. The monoisotopic (exact) mass is 446 g/mol. The maximum atomic E-state index is 13.2. The molecular weight excluding hydrogens is 424 g/mol. The Labute approximate surface area is 190 Å². The molecule has 8 heteroatoms. The summed E-state index contributed by atoms with van der Waals surface area (Å²) in [6, 6.07) is 22.1. The highest BCUT2D eigenvalue weighted by Crippen LogP contribution is 2.35. The van der Waals surface area contributed by atoms with Crippen LogP contribution in [0.2, 0.25) is 0 Å². The smallest absolute Gasteiger partial charge is 0.243 e. The van der Waals surface area contributed by atoms with E-state index in [1.807, 2.05) is 72.8 Å². The third kappa shape index (κ3) is 5.15. The standard InChI is InChI=1S/C24H22N4O3S/c1-31-20-13-6-5-12-19(20)27-24-28(16-18-11-7-8-14-25-18)23(30)21(32-24)15-22(29)26-17-9-3-2-4-10-17/h2-14,21H,15-16H2,1H3,(H,26,29)/t21-/m0/s1. The molecule has 2 heterocycles. The van der Waals surface area contributed by atoms with Gasteiger partial charge in [0.05, 0.1) is 19.3 Å². The minimum Gasteiger partial charge on any atom is -0.494 e. The molecule has 1 aliphatic heterocycles. The molecule has 1 aliphatic rings. The molecule has 7 nitrogen and oxygen atoms in total. The molecule has 4 rings (SSSR count). The fourth-order valence-corrected chi connectivity index (χ4v) is 4.40. The lowest BCUT2D eigenvalue weighted by atomic mass is 10.2. The summed E-state index contributed by atoms with van der Waals surface area (Å²) >= 11 is 1.28. The summed E-state index contributed by atoms with van der Waals surface area (Å²) in [5, 5.41) is 2.78. The van der Waals surface area contributed by atoms with Crippen LogP contribution in [0.4, 0.5) is 11.4 Å². The molecule has 0 saturated carbocycles. The number of carbonyl (C=O) groups excluding carboxylic acids is 2. The van der Waals surface area contributed by atoms with E-state index in [1.54, 1.807) is 18.2 Å². The summed E-state index contributed by atoms with van der Waals surface area (Å²) in [5.41, 5.74) is 2.05. The predicted octanol–water partition coefficient (Wildman–Crippen LogP) is 4.25. The normalized spacial score (nSPS) is 16.9. The van der Waals surface area contributed by atoms with Crippen molar-refractivity contribution in [3.8, 4) is 5.75 Å². The van der Waals surface area contributed by atoms with Gasteiger partial charge in [-0.3, -0.25) is 19.5 Å². The Kier molecular flexibility index (Phi) is 6.81. The number of hydrogen-bond donors (Lipinski definition) is 1. The number of aliphatic imine (C=N–C) groups is 1. The van der Waals surface area contributed by atoms with Crippen LogP contribution >= 0.6 is 11.8 Å². The van der Waals surface area contributed by atoms with Crippen molar-refractivity contribution in [2.45, 2.75) is 18.2 Å². The van der Waals surface area contributed by atoms with Gasteiger partial charge in [0.15, 0.2) is 5.17 Å². The number of nitrogens with one attached hydrogen (secondary N) is 1. The number of amidine groups is 1. The van der Waals surface area contributed by atoms with Crippen LogP contribution in [0.3, 0.4) is 0 Å². The van der Waals surface area contributed by atoms with Gasteiger partial charge < -0.3 is 10.1 Å². The zero-order chi connectivity index (χ0) is 22.3. The second-order valence-electron chi connectivity index (χ2n) is 7.04. The van der Waals surface area contributed by atoms with E-state index in [4.69, 9.17) is 9.73 Å². The number of aromatic nitrogens is 1. The fraction of sp³-hybridized carbons (Fsp3) is 0.167. The SMILES string of the molecule is COc1ccccc1N=C1S[C@@H](CC(=O)Nc2ccccc2)C(=O)N1Cc1ccccn1. The Morgan fingerprint density at radius 2 is 1.84 bits per heavy atom. The molecule has 1 saturated heterocycles. The van der Waals surface area contributed by atoms with E-state index in [1.165, 1.54) is 11.8 Å². The third-order valence-corrected chi connectivity index (χ3v) is 5.97. The lowest BCUT2D eigenvalue weighted by molar-refractivity contribution is -0.128. The molecule has 2 aromatic carbocycles. The zero-order valence-corrected chi connectivity index (χ0v) is 18.3. The van der Waals surface area contributed by atoms with E-state index in [-0.39, 0.29) is 24.8 Å². The van der Waals surface area contributed by atoms with Gasteiger partial charge in [0.2, 0.25) is 11.8 Å². The number of thioether (sulfide) groups is 1. The molecular formula is C24H22N4O3S. The van der Waals surface area contributed by atoms with E-state index < -0.39 is 5.25 Å². The van der Waals surface area contributed by atoms with Crippen LogP contribution in [0.5, 0.6) is 5.75 Å². The van der Waals surface area contributed by atoms with Crippen molar-refractivity contribution < 1.29 is 14.3 Å². The molecule has 1 aromatic heterocycles. The lowest BCUT2D eigenvalue weighted by Gasteiger charge is -2.16. The highest BCUT2D eigenvalue weighted by Gasteiger charge is 2.39. The molecule has 0 aliphatic carbocycles. The van der Waals surface area contributed by atoms with E-state index in [9.17, 15) is 9.59 Å². The van der Waals surface area contributed by atoms with Crippen LogP contribution in [-0.4, -0.2) is 39.2 Å². The number of hydrogen-bond acceptors (Lipinski definition) is 6. The first kappa shape index (κ1) is 21.6. The minimum absolute atomic E-state index is 0.0437. The molecule has 0 radical (unpaired) electrons. The molecule has 0 spiro atoms. The second-order valence-corrected chi connectivity index (χ2v) is 8.21. The number of carbonyl (C=O) groups is 2. The largest absolute Gasteiger partial charge is 0.494 e. The fourth-order valence-electron chi connectivity index (χ4n) is 3.25. The van der Waals surface area contributed by atoms with Gasteiger partial charge >= 0.3 is 0 Å². The van der Waals surface area contributed by atoms with E-state index >= 15 is 0 Å². The van der Waals surface area contributed by atoms with Crippen LogP contribution in [0.1, 0.15) is 12.1 Å². The molecule has 162 valence electrons. The Morgan fingerprint density at radius 1 is 1.09 bits per heavy atom. The average Bonchev–Trinajstić information content (AvgIpc) is 3.09. The Balaban J connectivity index is 1.57. The predicted molar refractivity (Wildman–Crippen MR) is 126 cm³/mol. The maximum absolute atomic E-state index is 13.2. The molecule has 1 fully saturated rings. The van der Waals surface area contributed by atoms with Gasteiger partial charge in [-0.05, 0) is 36.4 Å². The first-order valence-electron chi connectivity index (χ1n) is 10.1. The van der Waals surface area contributed by atoms with E-state index in [2.05, 4.69) is 10.3 Å². The number of anilines is 1. The van der Waals surface area contributed by atoms with Crippen molar-refractivity contribution in [3.63, 3.8) is 0 Å². The third-order valence-electron chi connectivity index (χ3n) is 4.80. The van der Waals surface area contributed by atoms with Crippen molar-refractivity contribution in [2.75, 3.05) is 12.4 Å². The highest BCUT2D eigenvalue weighted by molar-refractivity contribution is 8.15. The maximum Gasteiger partial charge on any atom is 0.243 e. The Morgan fingerprint density at radius 3 is 2.59 bits per heavy atom. The molecule has 1 atom stereocenters. The van der Waals surface area contributed by atoms with Gasteiger partial charge in [0.1, 0.15) is 16.7 Å². The summed E-state index contributed by atoms with van der Waals surface area (Å²) in [5.74, 6) is 0.215. The number of rotatable bonds is 7. The number of methoxy groups -OCH3 is 1. The van der Waals surface area contributed by atoms with Crippen molar-refractivity contribution in [1.82, 2.24) is 9.88 Å². The molecule has 32 heavy (non-hydrogen) atoms. The Hall–Kier alpha value is -3.65. The lowest BCUT2D eigenvalue weighted by Crippen LogP contribution is -2.33. The van der Waals surface area contributed by atoms with Gasteiger partial charge in [-0.1, -0.05) is 48.2 Å². The first-order valence-corrected chi connectivity index (χ1v) is 11.0. The number of benzene rings is 2. The quantitative estimate of drug-likeness (QED) is 0.587. The van der Waals surface area contributed by atoms with E-state index in [0.29, 0.717) is 22.3 Å². The van der Waals surface area contributed by atoms with Crippen molar-refractivity contribution in [1.29, 1.82) is 0 Å². The van der Waals surface area contributed by atoms with E-state index in [0.717, 1.165) is 5.69 Å². The summed E-state index contributed by atoms with van der Waals surface area (Å²) < 4.78 is 5.40. The van der Waals surface area contributed by atoms with Crippen LogP contribution in [0, 0.1) is 0 Å². The van der Waals surface area contributed by atoms with Gasteiger partial charge in [-0.2, -0.15) is 0 Å². The zero-order valence-electron chi connectivity index (χ0n) is 17.5. The topological polar surface area (TPSA) is 83.9 Å². The van der Waals surface area contributed by atoms with Crippen LogP contribution < -0.4 is 10.1 Å². The average molecular weight is 447 g/mol. The molecule has 1 N–H and O–H groups in total. The summed E-state index contributed by atoms with van der Waals surface area (Å²) in [7, 11) is 1.58. The number of ether oxygens (including phenoxy) is 1. The van der Waals surface area contributed by atoms with Gasteiger partial charge in [-0.25, -0.2) is 4.99 Å². The highest BCUT2D eigenvalue weighted by atomic mass is 32.2. The van der Waals surface area contributed by atoms with Gasteiger partial charge in [-0.15, -0.1) is 0 Å². The van der Waals surface area contributed by atoms with Crippen LogP contribution in [0.25, 0.3) is 0 Å². The second kappa shape index (κ2) is 10.1. The van der Waals surface area contributed by atoms with Crippen molar-refractivity contribution in [2.24, 2.45) is 4.99 Å². The molecule has 0 bridgehead atoms. The number of para-hydroxylation sites is 3. The summed E-state index contributed by atoms with van der Waals surface area (Å²) in [6.45, 7) is 0.275. The molecule has 0 unspecified atom stereocenters. The van der Waals surface area contributed by atoms with Crippen molar-refractivity contribution in [3.05, 3.63) is 84.7 Å². The van der Waals surface area contributed by atoms with Crippen LogP contribution in [-0.2, 0) is 16.1 Å². The Bertz CT molecular complexity index is 1120.